The normalized spacial score (nSPS) is 25.8. The quantitative estimate of drug-likeness (QED) is 0.198. The lowest BCUT2D eigenvalue weighted by atomic mass is 9.83. The number of benzene rings is 3. The molecule has 250 valence electrons. The largest absolute Gasteiger partial charge is 0.337 e. The molecule has 3 heteroatoms. The third-order valence-electron chi connectivity index (χ3n) is 11.5. The highest BCUT2D eigenvalue weighted by Gasteiger charge is 2.33. The van der Waals surface area contributed by atoms with Gasteiger partial charge in [0, 0.05) is 49.4 Å². The molecule has 4 aromatic rings. The van der Waals surface area contributed by atoms with Crippen molar-refractivity contribution >= 4 is 45.0 Å². The predicted octanol–water partition coefficient (Wildman–Crippen LogP) is 11.2. The molecule has 0 saturated carbocycles. The number of fused-ring (bicyclic) bond motifs is 6. The van der Waals surface area contributed by atoms with Gasteiger partial charge in [-0.15, -0.1) is 23.1 Å². The molecule has 2 heterocycles. The number of thioether (sulfide) groups is 1. The lowest BCUT2D eigenvalue weighted by molar-refractivity contribution is 0.403. The summed E-state index contributed by atoms with van der Waals surface area (Å²) in [5.41, 5.74) is 9.87. The van der Waals surface area contributed by atoms with E-state index in [-0.39, 0.29) is 6.04 Å². The van der Waals surface area contributed by atoms with Crippen LogP contribution in [0, 0.1) is 11.8 Å². The Kier molecular flexibility index (Phi) is 8.07. The van der Waals surface area contributed by atoms with Crippen LogP contribution in [-0.4, -0.2) is 16.2 Å². The average molecular weight is 696 g/mol. The monoisotopic (exact) mass is 695 g/mol. The van der Waals surface area contributed by atoms with Gasteiger partial charge in [0.2, 0.25) is 0 Å². The molecule has 0 N–H and O–H groups in total. The molecular weight excluding hydrogens is 655 g/mol. The van der Waals surface area contributed by atoms with E-state index < -0.39 is 0 Å². The number of allylic oxidation sites excluding steroid dienone is 12. The first kappa shape index (κ1) is 31.2. The van der Waals surface area contributed by atoms with E-state index >= 15 is 0 Å². The first-order valence-corrected chi connectivity index (χ1v) is 20.3. The Balaban J connectivity index is 1.02. The Morgan fingerprint density at radius 3 is 2.41 bits per heavy atom. The van der Waals surface area contributed by atoms with Crippen LogP contribution in [0.4, 0.5) is 0 Å². The number of thiophene rings is 1. The highest BCUT2D eigenvalue weighted by Crippen LogP contribution is 2.49. The van der Waals surface area contributed by atoms with Crippen LogP contribution in [-0.2, 0) is 0 Å². The van der Waals surface area contributed by atoms with E-state index in [1.807, 2.05) is 23.1 Å². The minimum absolute atomic E-state index is 0.284. The second kappa shape index (κ2) is 13.2. The maximum atomic E-state index is 2.72. The number of hydrogen-bond donors (Lipinski definition) is 0. The van der Waals surface area contributed by atoms with Gasteiger partial charge < -0.3 is 4.90 Å². The van der Waals surface area contributed by atoms with Gasteiger partial charge in [-0.3, -0.25) is 0 Å². The average Bonchev–Trinajstić information content (AvgIpc) is 3.78. The summed E-state index contributed by atoms with van der Waals surface area (Å²) >= 11 is 4.03. The zero-order chi connectivity index (χ0) is 33.7. The summed E-state index contributed by atoms with van der Waals surface area (Å²) in [6.45, 7) is 0. The van der Waals surface area contributed by atoms with Crippen molar-refractivity contribution in [2.45, 2.75) is 54.2 Å². The molecule has 0 amide bonds. The summed E-state index contributed by atoms with van der Waals surface area (Å²) < 4.78 is 2.85. The summed E-state index contributed by atoms with van der Waals surface area (Å²) in [7, 11) is 0. The summed E-state index contributed by atoms with van der Waals surface area (Å²) in [5, 5.41) is 3.32. The van der Waals surface area contributed by atoms with Gasteiger partial charge in [-0.25, -0.2) is 0 Å². The van der Waals surface area contributed by atoms with E-state index in [0.717, 1.165) is 32.1 Å². The molecule has 10 rings (SSSR count). The van der Waals surface area contributed by atoms with Gasteiger partial charge in [-0.2, -0.15) is 0 Å². The lowest BCUT2D eigenvalue weighted by Gasteiger charge is -2.38. The fourth-order valence-electron chi connectivity index (χ4n) is 8.92. The second-order valence-corrected chi connectivity index (χ2v) is 16.7. The van der Waals surface area contributed by atoms with Crippen molar-refractivity contribution in [3.05, 3.63) is 184 Å². The molecule has 3 aromatic carbocycles. The van der Waals surface area contributed by atoms with Gasteiger partial charge in [-0.05, 0) is 77.3 Å². The van der Waals surface area contributed by atoms with Crippen molar-refractivity contribution in [3.63, 3.8) is 0 Å². The predicted molar refractivity (Wildman–Crippen MR) is 219 cm³/mol. The molecule has 5 aliphatic carbocycles. The molecule has 5 unspecified atom stereocenters. The Morgan fingerprint density at radius 2 is 1.57 bits per heavy atom. The van der Waals surface area contributed by atoms with Gasteiger partial charge in [0.1, 0.15) is 0 Å². The van der Waals surface area contributed by atoms with E-state index in [2.05, 4.69) is 163 Å². The van der Waals surface area contributed by atoms with Crippen LogP contribution in [0.25, 0.3) is 33.0 Å². The van der Waals surface area contributed by atoms with Crippen molar-refractivity contribution < 1.29 is 0 Å². The van der Waals surface area contributed by atoms with Crippen molar-refractivity contribution in [2.24, 2.45) is 11.8 Å². The molecule has 6 aliphatic rings. The molecule has 1 aliphatic heterocycles. The van der Waals surface area contributed by atoms with Crippen LogP contribution in [0.3, 0.4) is 0 Å². The minimum atomic E-state index is 0.284. The topological polar surface area (TPSA) is 3.24 Å². The van der Waals surface area contributed by atoms with Gasteiger partial charge in [0.15, 0.2) is 0 Å². The van der Waals surface area contributed by atoms with Crippen LogP contribution in [0.15, 0.2) is 174 Å². The molecule has 5 atom stereocenters. The van der Waals surface area contributed by atoms with E-state index in [0.29, 0.717) is 23.0 Å². The Bertz CT molecular complexity index is 2410. The third kappa shape index (κ3) is 5.62. The van der Waals surface area contributed by atoms with E-state index in [1.165, 1.54) is 64.0 Å². The van der Waals surface area contributed by atoms with Gasteiger partial charge in [0.25, 0.3) is 0 Å². The smallest absolute Gasteiger partial charge is 0.0557 e. The van der Waals surface area contributed by atoms with Gasteiger partial charge in [0.05, 0.1) is 10.6 Å². The van der Waals surface area contributed by atoms with E-state index in [1.54, 1.807) is 0 Å². The molecule has 0 bridgehead atoms. The molecule has 0 radical (unpaired) electrons. The summed E-state index contributed by atoms with van der Waals surface area (Å²) in [6, 6.07) is 27.0. The second-order valence-electron chi connectivity index (χ2n) is 14.5. The Hall–Kier alpha value is -4.57. The van der Waals surface area contributed by atoms with Crippen LogP contribution >= 0.6 is 23.1 Å². The van der Waals surface area contributed by atoms with Gasteiger partial charge >= 0.3 is 0 Å². The first-order valence-electron chi connectivity index (χ1n) is 18.6. The zero-order valence-corrected chi connectivity index (χ0v) is 30.3. The first-order chi connectivity index (χ1) is 25.3. The number of nitrogens with zero attached hydrogens (tertiary/aromatic N) is 1. The summed E-state index contributed by atoms with van der Waals surface area (Å²) in [6.07, 6.45) is 39.2. The van der Waals surface area contributed by atoms with Crippen LogP contribution in [0.5, 0.6) is 0 Å². The molecular formula is C48H41NS2. The van der Waals surface area contributed by atoms with E-state index in [4.69, 9.17) is 0 Å². The molecule has 1 aromatic heterocycles. The summed E-state index contributed by atoms with van der Waals surface area (Å²) in [4.78, 5) is 4.17. The standard InChI is InChI=1S/C48H41NS2/c1-3-11-32(12-4-1)33-21-26-37(27-22-33)49(38-28-23-34(24-29-38)36-25-30-41-40-15-7-8-20-45(40)50-46(41)31-36)44-19-10-18-43-42-17-9-16-39(47(42)51-48(43)44)35-13-5-2-6-14-35/h1-9,11,13-18,20-23,25-26,28-32,34,37,41,46H,10,12,19,24,27H2. The van der Waals surface area contributed by atoms with Gasteiger partial charge in [-0.1, -0.05) is 146 Å². The fourth-order valence-corrected chi connectivity index (χ4v) is 11.7. The van der Waals surface area contributed by atoms with Crippen molar-refractivity contribution in [2.75, 3.05) is 0 Å². The molecule has 51 heavy (non-hydrogen) atoms. The Labute approximate surface area is 309 Å². The van der Waals surface area contributed by atoms with Crippen molar-refractivity contribution in [1.82, 2.24) is 4.90 Å². The van der Waals surface area contributed by atoms with E-state index in [9.17, 15) is 0 Å². The molecule has 0 spiro atoms. The van der Waals surface area contributed by atoms with Crippen LogP contribution < -0.4 is 9.75 Å². The lowest BCUT2D eigenvalue weighted by Crippen LogP contribution is -2.39. The van der Waals surface area contributed by atoms with Crippen molar-refractivity contribution in [3.8, 4) is 11.1 Å². The maximum Gasteiger partial charge on any atom is 0.0557 e. The molecule has 0 fully saturated rings. The third-order valence-corrected chi connectivity index (χ3v) is 14.1. The minimum Gasteiger partial charge on any atom is -0.337 e. The fraction of sp³-hybridized carbons (Fsp3) is 0.208. The molecule has 0 saturated heterocycles. The molecule has 1 nitrogen and oxygen atoms in total. The number of rotatable bonds is 6. The highest BCUT2D eigenvalue weighted by atomic mass is 32.2. The van der Waals surface area contributed by atoms with Crippen LogP contribution in [0.1, 0.15) is 43.6 Å². The summed E-state index contributed by atoms with van der Waals surface area (Å²) in [5.74, 6) is 1.40. The van der Waals surface area contributed by atoms with Crippen molar-refractivity contribution in [1.29, 1.82) is 0 Å². The van der Waals surface area contributed by atoms with Crippen LogP contribution in [0.2, 0.25) is 0 Å². The zero-order valence-electron chi connectivity index (χ0n) is 28.7. The Morgan fingerprint density at radius 1 is 0.686 bits per heavy atom. The highest BCUT2D eigenvalue weighted by molar-refractivity contribution is 8.00. The number of hydrogen-bond acceptors (Lipinski definition) is 3. The maximum absolute atomic E-state index is 2.72. The SMILES string of the molecule is C1=CCC(C2=CCC(N(C3=CCC(C4=CC5Sc6ccccc6C5C=C4)C=C3)C3=c4sc5c(-c6ccccc6)cccc5c4=CCC3)C=C2)C=C1.